The Hall–Kier alpha value is -2.04. The number of carboxylic acids is 1. The van der Waals surface area contributed by atoms with E-state index >= 15 is 0 Å². The number of hydrogen-bond acceptors (Lipinski definition) is 3. The summed E-state index contributed by atoms with van der Waals surface area (Å²) >= 11 is 0. The summed E-state index contributed by atoms with van der Waals surface area (Å²) in [5.74, 6) is 0.0513. The Morgan fingerprint density at radius 1 is 1.30 bits per heavy atom. The molecule has 1 atom stereocenters. The van der Waals surface area contributed by atoms with E-state index in [0.29, 0.717) is 39.0 Å². The smallest absolute Gasteiger partial charge is 0.311 e. The minimum absolute atomic E-state index is 0.0290. The number of aliphatic carboxylic acids is 1. The van der Waals surface area contributed by atoms with Crippen molar-refractivity contribution in [1.29, 1.82) is 0 Å². The van der Waals surface area contributed by atoms with Crippen molar-refractivity contribution < 1.29 is 19.4 Å². The third-order valence-corrected chi connectivity index (χ3v) is 4.37. The first-order chi connectivity index (χ1) is 10.9. The number of amides is 1. The average molecular weight is 319 g/mol. The standard InChI is InChI=1S/C18H25NO4/c1-3-12-23-15-7-4-14(5-8-15)6-9-16(20)19-11-10-18(2,13-19)17(21)22/h4-5,7-8H,3,6,9-13H2,1-2H3,(H,21,22). The highest BCUT2D eigenvalue weighted by atomic mass is 16.5. The summed E-state index contributed by atoms with van der Waals surface area (Å²) in [5.41, 5.74) is 0.288. The second kappa shape index (κ2) is 7.49. The molecule has 1 aromatic carbocycles. The van der Waals surface area contributed by atoms with Crippen molar-refractivity contribution >= 4 is 11.9 Å². The molecular formula is C18H25NO4. The molecule has 1 N–H and O–H groups in total. The van der Waals surface area contributed by atoms with Crippen LogP contribution < -0.4 is 4.74 Å². The molecule has 0 bridgehead atoms. The van der Waals surface area contributed by atoms with Gasteiger partial charge in [0, 0.05) is 19.5 Å². The molecule has 1 aliphatic heterocycles. The van der Waals surface area contributed by atoms with E-state index in [-0.39, 0.29) is 5.91 Å². The van der Waals surface area contributed by atoms with Crippen LogP contribution in [0.15, 0.2) is 24.3 Å². The fraction of sp³-hybridized carbons (Fsp3) is 0.556. The summed E-state index contributed by atoms with van der Waals surface area (Å²) in [6, 6.07) is 7.80. The number of carbonyl (C=O) groups excluding carboxylic acids is 1. The molecule has 1 heterocycles. The van der Waals surface area contributed by atoms with Crippen LogP contribution in [-0.2, 0) is 16.0 Å². The van der Waals surface area contributed by atoms with Crippen LogP contribution in [0.2, 0.25) is 0 Å². The van der Waals surface area contributed by atoms with Crippen LogP contribution in [0.25, 0.3) is 0 Å². The first-order valence-corrected chi connectivity index (χ1v) is 8.17. The quantitative estimate of drug-likeness (QED) is 0.839. The van der Waals surface area contributed by atoms with E-state index < -0.39 is 11.4 Å². The van der Waals surface area contributed by atoms with E-state index in [2.05, 4.69) is 6.92 Å². The van der Waals surface area contributed by atoms with Gasteiger partial charge in [-0.25, -0.2) is 0 Å². The van der Waals surface area contributed by atoms with Crippen molar-refractivity contribution in [1.82, 2.24) is 4.90 Å². The van der Waals surface area contributed by atoms with Gasteiger partial charge in [-0.1, -0.05) is 19.1 Å². The Morgan fingerprint density at radius 3 is 2.57 bits per heavy atom. The van der Waals surface area contributed by atoms with Crippen molar-refractivity contribution in [3.05, 3.63) is 29.8 Å². The van der Waals surface area contributed by atoms with Gasteiger partial charge in [0.1, 0.15) is 5.75 Å². The predicted octanol–water partition coefficient (Wildman–Crippen LogP) is 2.73. The molecule has 0 aromatic heterocycles. The normalized spacial score (nSPS) is 20.5. The first-order valence-electron chi connectivity index (χ1n) is 8.17. The molecule has 1 unspecified atom stereocenters. The number of aryl methyl sites for hydroxylation is 1. The topological polar surface area (TPSA) is 66.8 Å². The maximum absolute atomic E-state index is 12.2. The molecule has 0 saturated carbocycles. The van der Waals surface area contributed by atoms with Gasteiger partial charge in [-0.3, -0.25) is 9.59 Å². The minimum atomic E-state index is -0.824. The van der Waals surface area contributed by atoms with Gasteiger partial charge in [-0.15, -0.1) is 0 Å². The summed E-state index contributed by atoms with van der Waals surface area (Å²) in [4.78, 5) is 25.1. The van der Waals surface area contributed by atoms with Crippen LogP contribution in [0.5, 0.6) is 5.75 Å². The molecule has 1 aliphatic rings. The lowest BCUT2D eigenvalue weighted by Crippen LogP contribution is -2.34. The van der Waals surface area contributed by atoms with Crippen LogP contribution in [-0.4, -0.2) is 41.6 Å². The second-order valence-electron chi connectivity index (χ2n) is 6.42. The molecule has 1 saturated heterocycles. The molecule has 1 aromatic rings. The van der Waals surface area contributed by atoms with Crippen LogP contribution in [0.1, 0.15) is 38.7 Å². The number of hydrogen-bond donors (Lipinski definition) is 1. The van der Waals surface area contributed by atoms with Gasteiger partial charge >= 0.3 is 5.97 Å². The number of nitrogens with zero attached hydrogens (tertiary/aromatic N) is 1. The number of carboxylic acid groups (broad SMARTS) is 1. The second-order valence-corrected chi connectivity index (χ2v) is 6.42. The fourth-order valence-electron chi connectivity index (χ4n) is 2.73. The van der Waals surface area contributed by atoms with E-state index in [1.54, 1.807) is 11.8 Å². The molecule has 5 heteroatoms. The first kappa shape index (κ1) is 17.3. The molecule has 0 spiro atoms. The summed E-state index contributed by atoms with van der Waals surface area (Å²) in [6.07, 6.45) is 2.57. The summed E-state index contributed by atoms with van der Waals surface area (Å²) in [5, 5.41) is 9.22. The SMILES string of the molecule is CCCOc1ccc(CCC(=O)N2CCC(C)(C(=O)O)C2)cc1. The van der Waals surface area contributed by atoms with E-state index in [1.807, 2.05) is 24.3 Å². The summed E-state index contributed by atoms with van der Waals surface area (Å²) in [7, 11) is 0. The van der Waals surface area contributed by atoms with Crippen molar-refractivity contribution in [2.24, 2.45) is 5.41 Å². The van der Waals surface area contributed by atoms with Gasteiger partial charge in [0.2, 0.25) is 5.91 Å². The molecular weight excluding hydrogens is 294 g/mol. The zero-order valence-electron chi connectivity index (χ0n) is 13.9. The summed E-state index contributed by atoms with van der Waals surface area (Å²) in [6.45, 7) is 5.32. The van der Waals surface area contributed by atoms with Crippen molar-refractivity contribution in [2.45, 2.75) is 39.5 Å². The van der Waals surface area contributed by atoms with Crippen molar-refractivity contribution in [2.75, 3.05) is 19.7 Å². The van der Waals surface area contributed by atoms with Gasteiger partial charge in [-0.2, -0.15) is 0 Å². The lowest BCUT2D eigenvalue weighted by Gasteiger charge is -2.20. The van der Waals surface area contributed by atoms with Gasteiger partial charge < -0.3 is 14.7 Å². The largest absolute Gasteiger partial charge is 0.494 e. The third kappa shape index (κ3) is 4.47. The van der Waals surface area contributed by atoms with E-state index in [4.69, 9.17) is 4.74 Å². The van der Waals surface area contributed by atoms with Gasteiger partial charge in [0.15, 0.2) is 0 Å². The van der Waals surface area contributed by atoms with Gasteiger partial charge in [0.05, 0.1) is 12.0 Å². The number of rotatable bonds is 7. The lowest BCUT2D eigenvalue weighted by molar-refractivity contribution is -0.147. The van der Waals surface area contributed by atoms with Gasteiger partial charge in [-0.05, 0) is 43.9 Å². The average Bonchev–Trinajstić information content (AvgIpc) is 2.95. The Balaban J connectivity index is 1.82. The number of benzene rings is 1. The van der Waals surface area contributed by atoms with Crippen LogP contribution >= 0.6 is 0 Å². The molecule has 5 nitrogen and oxygen atoms in total. The minimum Gasteiger partial charge on any atom is -0.494 e. The fourth-order valence-corrected chi connectivity index (χ4v) is 2.73. The maximum Gasteiger partial charge on any atom is 0.311 e. The third-order valence-electron chi connectivity index (χ3n) is 4.37. The summed E-state index contributed by atoms with van der Waals surface area (Å²) < 4.78 is 5.53. The van der Waals surface area contributed by atoms with Gasteiger partial charge in [0.25, 0.3) is 0 Å². The molecule has 0 aliphatic carbocycles. The van der Waals surface area contributed by atoms with Crippen molar-refractivity contribution in [3.8, 4) is 5.75 Å². The Morgan fingerprint density at radius 2 is 2.00 bits per heavy atom. The highest BCUT2D eigenvalue weighted by molar-refractivity contribution is 5.80. The monoisotopic (exact) mass is 319 g/mol. The van der Waals surface area contributed by atoms with Crippen LogP contribution in [0.3, 0.4) is 0 Å². The maximum atomic E-state index is 12.2. The molecule has 0 radical (unpaired) electrons. The van der Waals surface area contributed by atoms with Crippen molar-refractivity contribution in [3.63, 3.8) is 0 Å². The number of likely N-dealkylation sites (tertiary alicyclic amines) is 1. The Labute approximate surface area is 137 Å². The lowest BCUT2D eigenvalue weighted by atomic mass is 9.90. The highest BCUT2D eigenvalue weighted by Crippen LogP contribution is 2.30. The zero-order chi connectivity index (χ0) is 16.9. The molecule has 126 valence electrons. The Bertz CT molecular complexity index is 555. The molecule has 1 amide bonds. The van der Waals surface area contributed by atoms with Crippen LogP contribution in [0, 0.1) is 5.41 Å². The molecule has 1 fully saturated rings. The Kier molecular flexibility index (Phi) is 5.64. The van der Waals surface area contributed by atoms with Crippen LogP contribution in [0.4, 0.5) is 0 Å². The highest BCUT2D eigenvalue weighted by Gasteiger charge is 2.41. The van der Waals surface area contributed by atoms with E-state index in [1.165, 1.54) is 0 Å². The number of ether oxygens (including phenoxy) is 1. The number of carbonyl (C=O) groups is 2. The van der Waals surface area contributed by atoms with E-state index in [0.717, 1.165) is 17.7 Å². The predicted molar refractivity (Wildman–Crippen MR) is 87.5 cm³/mol. The molecule has 23 heavy (non-hydrogen) atoms. The molecule has 2 rings (SSSR count). The zero-order valence-corrected chi connectivity index (χ0v) is 13.9. The van der Waals surface area contributed by atoms with E-state index in [9.17, 15) is 14.7 Å².